The van der Waals surface area contributed by atoms with Gasteiger partial charge in [-0.3, -0.25) is 9.59 Å². The predicted molar refractivity (Wildman–Crippen MR) is 127 cm³/mol. The summed E-state index contributed by atoms with van der Waals surface area (Å²) >= 11 is 5.88. The zero-order valence-corrected chi connectivity index (χ0v) is 20.0. The fourth-order valence-electron chi connectivity index (χ4n) is 3.05. The van der Waals surface area contributed by atoms with Crippen LogP contribution in [0.15, 0.2) is 48.5 Å². The Hall–Kier alpha value is -2.73. The van der Waals surface area contributed by atoms with Crippen LogP contribution in [-0.4, -0.2) is 43.0 Å². The number of ether oxygens (including phenoxy) is 2. The summed E-state index contributed by atoms with van der Waals surface area (Å²) in [7, 11) is 1.61. The molecule has 0 aliphatic carbocycles. The highest BCUT2D eigenvalue weighted by molar-refractivity contribution is 6.30. The summed E-state index contributed by atoms with van der Waals surface area (Å²) < 4.78 is 10.9. The molecule has 0 unspecified atom stereocenters. The van der Waals surface area contributed by atoms with Crippen LogP contribution in [0.4, 0.5) is 0 Å². The number of methoxy groups -OCH3 is 1. The van der Waals surface area contributed by atoms with Crippen LogP contribution in [0.1, 0.15) is 39.2 Å². The van der Waals surface area contributed by atoms with Crippen molar-refractivity contribution in [3.8, 4) is 11.5 Å². The van der Waals surface area contributed by atoms with Gasteiger partial charge < -0.3 is 19.7 Å². The van der Waals surface area contributed by atoms with Gasteiger partial charge in [0.2, 0.25) is 11.8 Å². The van der Waals surface area contributed by atoms with E-state index >= 15 is 0 Å². The van der Waals surface area contributed by atoms with Crippen LogP contribution in [-0.2, 0) is 16.1 Å². The van der Waals surface area contributed by atoms with Gasteiger partial charge in [0.25, 0.3) is 0 Å². The van der Waals surface area contributed by atoms with E-state index in [-0.39, 0.29) is 18.2 Å². The molecule has 0 saturated heterocycles. The Morgan fingerprint density at radius 1 is 1.00 bits per heavy atom. The largest absolute Gasteiger partial charge is 0.497 e. The molecular weight excluding hydrogens is 428 g/mol. The van der Waals surface area contributed by atoms with Gasteiger partial charge >= 0.3 is 0 Å². The van der Waals surface area contributed by atoms with Crippen molar-refractivity contribution in [3.63, 3.8) is 0 Å². The first kappa shape index (κ1) is 25.5. The van der Waals surface area contributed by atoms with Crippen LogP contribution in [0.25, 0.3) is 0 Å². The van der Waals surface area contributed by atoms with Crippen molar-refractivity contribution in [1.29, 1.82) is 0 Å². The van der Waals surface area contributed by atoms with E-state index in [1.54, 1.807) is 43.2 Å². The lowest BCUT2D eigenvalue weighted by Gasteiger charge is -2.29. The minimum atomic E-state index is -0.583. The third kappa shape index (κ3) is 8.42. The number of hydrogen-bond donors (Lipinski definition) is 1. The molecule has 0 bridgehead atoms. The zero-order valence-electron chi connectivity index (χ0n) is 19.3. The molecule has 2 rings (SSSR count). The smallest absolute Gasteiger partial charge is 0.242 e. The van der Waals surface area contributed by atoms with Gasteiger partial charge in [0.05, 0.1) is 13.7 Å². The molecule has 1 N–H and O–H groups in total. The fraction of sp³-hybridized carbons (Fsp3) is 0.440. The molecule has 2 aromatic carbocycles. The minimum Gasteiger partial charge on any atom is -0.497 e. The average molecular weight is 461 g/mol. The van der Waals surface area contributed by atoms with Crippen molar-refractivity contribution in [2.75, 3.05) is 20.3 Å². The predicted octanol–water partition coefficient (Wildman–Crippen LogP) is 4.70. The fourth-order valence-corrected chi connectivity index (χ4v) is 3.18. The number of benzene rings is 2. The van der Waals surface area contributed by atoms with Gasteiger partial charge in [-0.05, 0) is 61.2 Å². The maximum Gasteiger partial charge on any atom is 0.242 e. The molecule has 2 amide bonds. The SMILES string of the molecule is COc1ccc(CN(C(=O)CCCOc2ccc(Cl)cc2)[C@@H](C)C(=O)NCC(C)C)cc1. The van der Waals surface area contributed by atoms with E-state index in [4.69, 9.17) is 21.1 Å². The number of carbonyl (C=O) groups is 2. The second kappa shape index (κ2) is 13.0. The number of nitrogens with one attached hydrogen (secondary N) is 1. The lowest BCUT2D eigenvalue weighted by atomic mass is 10.1. The first-order chi connectivity index (χ1) is 15.3. The molecule has 6 nitrogen and oxygen atoms in total. The lowest BCUT2D eigenvalue weighted by molar-refractivity contribution is -0.140. The quantitative estimate of drug-likeness (QED) is 0.466. The van der Waals surface area contributed by atoms with E-state index in [1.165, 1.54) is 0 Å². The lowest BCUT2D eigenvalue weighted by Crippen LogP contribution is -2.48. The minimum absolute atomic E-state index is 0.0901. The van der Waals surface area contributed by atoms with Gasteiger partial charge in [0, 0.05) is 24.5 Å². The summed E-state index contributed by atoms with van der Waals surface area (Å²) in [5.41, 5.74) is 0.931. The Morgan fingerprint density at radius 3 is 2.22 bits per heavy atom. The Balaban J connectivity index is 1.99. The molecule has 2 aromatic rings. The monoisotopic (exact) mass is 460 g/mol. The summed E-state index contributed by atoms with van der Waals surface area (Å²) in [6.45, 7) is 7.15. The maximum absolute atomic E-state index is 13.1. The molecule has 0 aliphatic rings. The molecule has 0 radical (unpaired) electrons. The Labute approximate surface area is 195 Å². The number of amides is 2. The summed E-state index contributed by atoms with van der Waals surface area (Å²) in [4.78, 5) is 27.3. The highest BCUT2D eigenvalue weighted by Gasteiger charge is 2.25. The summed E-state index contributed by atoms with van der Waals surface area (Å²) in [6, 6.07) is 14.0. The van der Waals surface area contributed by atoms with Crippen molar-refractivity contribution in [2.24, 2.45) is 5.92 Å². The Morgan fingerprint density at radius 2 is 1.62 bits per heavy atom. The second-order valence-electron chi connectivity index (χ2n) is 8.09. The van der Waals surface area contributed by atoms with E-state index in [0.717, 1.165) is 11.3 Å². The zero-order chi connectivity index (χ0) is 23.5. The van der Waals surface area contributed by atoms with Gasteiger partial charge in [-0.15, -0.1) is 0 Å². The van der Waals surface area contributed by atoms with Gasteiger partial charge in [0.1, 0.15) is 17.5 Å². The molecule has 0 spiro atoms. The molecule has 0 saturated carbocycles. The molecule has 0 heterocycles. The Kier molecular flexibility index (Phi) is 10.3. The third-order valence-corrected chi connectivity index (χ3v) is 5.23. The number of hydrogen-bond acceptors (Lipinski definition) is 4. The first-order valence-electron chi connectivity index (χ1n) is 10.9. The van der Waals surface area contributed by atoms with E-state index in [1.807, 2.05) is 38.1 Å². The van der Waals surface area contributed by atoms with Crippen molar-refractivity contribution >= 4 is 23.4 Å². The number of carbonyl (C=O) groups excluding carboxylic acids is 2. The third-order valence-electron chi connectivity index (χ3n) is 4.98. The van der Waals surface area contributed by atoms with Crippen LogP contribution < -0.4 is 14.8 Å². The molecule has 0 fully saturated rings. The standard InChI is InChI=1S/C25H33ClN2O4/c1-18(2)16-27-25(30)19(3)28(17-20-7-11-22(31-4)12-8-20)24(29)6-5-15-32-23-13-9-21(26)10-14-23/h7-14,18-19H,5-6,15-17H2,1-4H3,(H,27,30)/t19-/m0/s1. The van der Waals surface area contributed by atoms with E-state index in [0.29, 0.717) is 42.8 Å². The molecule has 7 heteroatoms. The van der Waals surface area contributed by atoms with Gasteiger partial charge in [-0.2, -0.15) is 0 Å². The van der Waals surface area contributed by atoms with Crippen LogP contribution in [0, 0.1) is 5.92 Å². The van der Waals surface area contributed by atoms with Crippen molar-refractivity contribution in [2.45, 2.75) is 46.2 Å². The van der Waals surface area contributed by atoms with Crippen LogP contribution in [0.5, 0.6) is 11.5 Å². The van der Waals surface area contributed by atoms with Gasteiger partial charge in [-0.1, -0.05) is 37.6 Å². The normalized spacial score (nSPS) is 11.7. The topological polar surface area (TPSA) is 67.9 Å². The number of halogens is 1. The second-order valence-corrected chi connectivity index (χ2v) is 8.53. The summed E-state index contributed by atoms with van der Waals surface area (Å²) in [5.74, 6) is 1.54. The summed E-state index contributed by atoms with van der Waals surface area (Å²) in [6.07, 6.45) is 0.826. The summed E-state index contributed by atoms with van der Waals surface area (Å²) in [5, 5.41) is 3.57. The van der Waals surface area contributed by atoms with E-state index in [9.17, 15) is 9.59 Å². The molecule has 174 valence electrons. The van der Waals surface area contributed by atoms with Gasteiger partial charge in [-0.25, -0.2) is 0 Å². The van der Waals surface area contributed by atoms with Gasteiger partial charge in [0.15, 0.2) is 0 Å². The molecule has 0 aromatic heterocycles. The van der Waals surface area contributed by atoms with Crippen molar-refractivity contribution < 1.29 is 19.1 Å². The van der Waals surface area contributed by atoms with Crippen molar-refractivity contribution in [3.05, 3.63) is 59.1 Å². The molecule has 0 aliphatic heterocycles. The van der Waals surface area contributed by atoms with Crippen molar-refractivity contribution in [1.82, 2.24) is 10.2 Å². The molecule has 1 atom stereocenters. The van der Waals surface area contributed by atoms with E-state index in [2.05, 4.69) is 5.32 Å². The Bertz CT molecular complexity index is 853. The first-order valence-corrected chi connectivity index (χ1v) is 11.3. The van der Waals surface area contributed by atoms with Crippen LogP contribution in [0.2, 0.25) is 5.02 Å². The maximum atomic E-state index is 13.1. The molecular formula is C25H33ClN2O4. The molecule has 32 heavy (non-hydrogen) atoms. The van der Waals surface area contributed by atoms with E-state index < -0.39 is 6.04 Å². The number of nitrogens with zero attached hydrogens (tertiary/aromatic N) is 1. The highest BCUT2D eigenvalue weighted by atomic mass is 35.5. The average Bonchev–Trinajstić information content (AvgIpc) is 2.79. The number of rotatable bonds is 12. The van der Waals surface area contributed by atoms with Crippen LogP contribution >= 0.6 is 11.6 Å². The van der Waals surface area contributed by atoms with Crippen LogP contribution in [0.3, 0.4) is 0 Å². The highest BCUT2D eigenvalue weighted by Crippen LogP contribution is 2.18.